The molecule has 3 aromatic rings. The maximum Gasteiger partial charge on any atom is 0.303 e. The number of ether oxygens (including phenoxy) is 1. The van der Waals surface area contributed by atoms with Crippen molar-refractivity contribution in [1.29, 1.82) is 0 Å². The van der Waals surface area contributed by atoms with Crippen LogP contribution in [-0.2, 0) is 17.8 Å². The molecule has 38 heavy (non-hydrogen) atoms. The van der Waals surface area contributed by atoms with Crippen LogP contribution in [0.15, 0.2) is 60.7 Å². The van der Waals surface area contributed by atoms with Gasteiger partial charge in [0.05, 0.1) is 6.04 Å². The molecule has 0 saturated heterocycles. The Balaban J connectivity index is 1.86. The van der Waals surface area contributed by atoms with Gasteiger partial charge in [0.15, 0.2) is 0 Å². The van der Waals surface area contributed by atoms with E-state index in [1.807, 2.05) is 12.1 Å². The van der Waals surface area contributed by atoms with Crippen LogP contribution < -0.4 is 10.1 Å². The minimum Gasteiger partial charge on any atom is -0.489 e. The van der Waals surface area contributed by atoms with Gasteiger partial charge in [-0.15, -0.1) is 0 Å². The number of benzene rings is 3. The Kier molecular flexibility index (Phi) is 10.1. The predicted octanol–water partition coefficient (Wildman–Crippen LogP) is 7.54. The first kappa shape index (κ1) is 29.0. The van der Waals surface area contributed by atoms with E-state index in [1.165, 1.54) is 5.56 Å². The number of carbonyl (C=O) groups excluding carboxylic acids is 1. The van der Waals surface area contributed by atoms with Gasteiger partial charge in [0.1, 0.15) is 12.4 Å². The van der Waals surface area contributed by atoms with Gasteiger partial charge in [0, 0.05) is 12.0 Å². The van der Waals surface area contributed by atoms with Crippen molar-refractivity contribution in [2.45, 2.75) is 79.4 Å². The topological polar surface area (TPSA) is 75.6 Å². The Hall–Kier alpha value is -3.60. The number of hydrogen-bond donors (Lipinski definition) is 2. The maximum absolute atomic E-state index is 13.7. The zero-order valence-electron chi connectivity index (χ0n) is 23.5. The Morgan fingerprint density at radius 2 is 1.53 bits per heavy atom. The fourth-order valence-electron chi connectivity index (χ4n) is 4.68. The van der Waals surface area contributed by atoms with Gasteiger partial charge in [0.2, 0.25) is 0 Å². The highest BCUT2D eigenvalue weighted by Gasteiger charge is 2.21. The van der Waals surface area contributed by atoms with Crippen molar-refractivity contribution in [2.75, 3.05) is 0 Å². The van der Waals surface area contributed by atoms with Crippen LogP contribution in [0.5, 0.6) is 5.75 Å². The number of aryl methyl sites for hydroxylation is 3. The molecule has 0 aliphatic rings. The summed E-state index contributed by atoms with van der Waals surface area (Å²) in [5, 5.41) is 12.5. The van der Waals surface area contributed by atoms with Crippen LogP contribution >= 0.6 is 0 Å². The second-order valence-corrected chi connectivity index (χ2v) is 11.0. The van der Waals surface area contributed by atoms with E-state index in [1.54, 1.807) is 6.07 Å². The van der Waals surface area contributed by atoms with Crippen molar-refractivity contribution in [3.8, 4) is 5.75 Å². The third-order valence-corrected chi connectivity index (χ3v) is 6.64. The lowest BCUT2D eigenvalue weighted by molar-refractivity contribution is -0.136. The summed E-state index contributed by atoms with van der Waals surface area (Å²) in [6, 6.07) is 19.9. The van der Waals surface area contributed by atoms with Gasteiger partial charge in [-0.2, -0.15) is 0 Å². The molecule has 202 valence electrons. The monoisotopic (exact) mass is 515 g/mol. The average Bonchev–Trinajstić information content (AvgIpc) is 2.85. The summed E-state index contributed by atoms with van der Waals surface area (Å²) in [4.78, 5) is 24.9. The molecule has 5 nitrogen and oxygen atoms in total. The van der Waals surface area contributed by atoms with Crippen LogP contribution in [0.2, 0.25) is 0 Å². The molecule has 0 spiro atoms. The first-order chi connectivity index (χ1) is 18.0. The number of amides is 1. The zero-order valence-corrected chi connectivity index (χ0v) is 23.5. The molecule has 1 amide bonds. The second-order valence-electron chi connectivity index (χ2n) is 11.0. The number of nitrogens with one attached hydrogen (secondary N) is 1. The molecule has 2 N–H and O–H groups in total. The Morgan fingerprint density at radius 3 is 2.11 bits per heavy atom. The van der Waals surface area contributed by atoms with Crippen molar-refractivity contribution in [2.24, 2.45) is 5.92 Å². The highest BCUT2D eigenvalue weighted by molar-refractivity contribution is 5.96. The van der Waals surface area contributed by atoms with E-state index in [4.69, 9.17) is 4.74 Å². The fraction of sp³-hybridized carbons (Fsp3) is 0.394. The molecule has 5 heteroatoms. The predicted molar refractivity (Wildman–Crippen MR) is 153 cm³/mol. The number of carboxylic acid groups (broad SMARTS) is 1. The van der Waals surface area contributed by atoms with Gasteiger partial charge in [-0.25, -0.2) is 0 Å². The fourth-order valence-corrected chi connectivity index (χ4v) is 4.68. The van der Waals surface area contributed by atoms with E-state index >= 15 is 0 Å². The van der Waals surface area contributed by atoms with Gasteiger partial charge in [-0.05, 0) is 72.9 Å². The summed E-state index contributed by atoms with van der Waals surface area (Å²) >= 11 is 0. The van der Waals surface area contributed by atoms with Crippen molar-refractivity contribution in [3.05, 3.63) is 99.6 Å². The molecule has 0 bridgehead atoms. The molecule has 0 aliphatic carbocycles. The molecule has 0 aliphatic heterocycles. The van der Waals surface area contributed by atoms with Crippen molar-refractivity contribution in [3.63, 3.8) is 0 Å². The van der Waals surface area contributed by atoms with Crippen molar-refractivity contribution in [1.82, 2.24) is 5.32 Å². The summed E-state index contributed by atoms with van der Waals surface area (Å²) in [5.74, 6) is 0.308. The van der Waals surface area contributed by atoms with Crippen LogP contribution in [0.3, 0.4) is 0 Å². The molecule has 3 aromatic carbocycles. The average molecular weight is 516 g/mol. The molecule has 0 fully saturated rings. The van der Waals surface area contributed by atoms with Gasteiger partial charge in [0.25, 0.3) is 5.91 Å². The molecule has 3 rings (SSSR count). The Morgan fingerprint density at radius 1 is 0.868 bits per heavy atom. The normalized spacial score (nSPS) is 12.0. The van der Waals surface area contributed by atoms with E-state index in [0.29, 0.717) is 35.3 Å². The van der Waals surface area contributed by atoms with Gasteiger partial charge in [-0.1, -0.05) is 87.4 Å². The second kappa shape index (κ2) is 13.3. The highest BCUT2D eigenvalue weighted by atomic mass is 16.5. The molecular weight excluding hydrogens is 474 g/mol. The van der Waals surface area contributed by atoms with Crippen molar-refractivity contribution < 1.29 is 19.4 Å². The quantitative estimate of drug-likeness (QED) is 0.261. The van der Waals surface area contributed by atoms with Crippen LogP contribution in [0.4, 0.5) is 0 Å². The summed E-state index contributed by atoms with van der Waals surface area (Å²) in [5.41, 5.74) is 6.86. The lowest BCUT2D eigenvalue weighted by Gasteiger charge is -2.23. The van der Waals surface area contributed by atoms with Crippen LogP contribution in [0.25, 0.3) is 0 Å². The lowest BCUT2D eigenvalue weighted by Crippen LogP contribution is -2.30. The van der Waals surface area contributed by atoms with Gasteiger partial charge >= 0.3 is 5.97 Å². The number of hydrogen-bond acceptors (Lipinski definition) is 3. The summed E-state index contributed by atoms with van der Waals surface area (Å²) in [7, 11) is 0. The first-order valence-corrected chi connectivity index (χ1v) is 13.5. The van der Waals surface area contributed by atoms with Crippen molar-refractivity contribution >= 4 is 11.9 Å². The third kappa shape index (κ3) is 8.47. The highest BCUT2D eigenvalue weighted by Crippen LogP contribution is 2.26. The van der Waals surface area contributed by atoms with E-state index < -0.39 is 5.97 Å². The summed E-state index contributed by atoms with van der Waals surface area (Å²) in [6.45, 7) is 13.1. The summed E-state index contributed by atoms with van der Waals surface area (Å²) in [6.07, 6.45) is 1.02. The van der Waals surface area contributed by atoms with E-state index in [-0.39, 0.29) is 24.8 Å². The van der Waals surface area contributed by atoms with Gasteiger partial charge < -0.3 is 15.2 Å². The summed E-state index contributed by atoms with van der Waals surface area (Å²) < 4.78 is 6.05. The minimum atomic E-state index is -0.894. The molecule has 1 unspecified atom stereocenters. The first-order valence-electron chi connectivity index (χ1n) is 13.5. The third-order valence-electron chi connectivity index (χ3n) is 6.64. The maximum atomic E-state index is 13.7. The molecule has 1 atom stereocenters. The van der Waals surface area contributed by atoms with E-state index in [2.05, 4.69) is 89.3 Å². The van der Waals surface area contributed by atoms with Crippen LogP contribution in [0, 0.1) is 19.8 Å². The van der Waals surface area contributed by atoms with Gasteiger partial charge in [-0.3, -0.25) is 9.59 Å². The Labute approximate surface area is 227 Å². The molecule has 0 saturated carbocycles. The SMILES string of the molecule is Cc1cc(C)cc(C(CC(C)C)NC(=O)c2cc(OCc3ccc(C(C)C)cc3)ccc2CCC(=O)O)c1. The van der Waals surface area contributed by atoms with E-state index in [9.17, 15) is 14.7 Å². The number of carboxylic acids is 1. The number of aliphatic carboxylic acids is 1. The smallest absolute Gasteiger partial charge is 0.303 e. The molecule has 0 radical (unpaired) electrons. The van der Waals surface area contributed by atoms with Crippen LogP contribution in [-0.4, -0.2) is 17.0 Å². The van der Waals surface area contributed by atoms with Crippen LogP contribution in [0.1, 0.15) is 96.2 Å². The molecule has 0 heterocycles. The van der Waals surface area contributed by atoms with E-state index in [0.717, 1.165) is 28.7 Å². The lowest BCUT2D eigenvalue weighted by atomic mass is 9.93. The largest absolute Gasteiger partial charge is 0.489 e. The molecular formula is C33H41NO4. The molecule has 0 aromatic heterocycles. The Bertz CT molecular complexity index is 1220. The standard InChI is InChI=1S/C33H41NO4/c1-21(2)15-31(28-17-23(5)16-24(6)18-28)34-33(37)30-19-29(13-11-27(30)12-14-32(35)36)38-20-25-7-9-26(10-8-25)22(3)4/h7-11,13,16-19,21-22,31H,12,14-15,20H2,1-6H3,(H,34,37)(H,35,36). The minimum absolute atomic E-state index is 0.0464. The number of rotatable bonds is 12. The number of carbonyl (C=O) groups is 2. The zero-order chi connectivity index (χ0) is 27.8.